The van der Waals surface area contributed by atoms with Crippen LogP contribution in [0.1, 0.15) is 24.1 Å². The van der Waals surface area contributed by atoms with Gasteiger partial charge in [0, 0.05) is 23.7 Å². The highest BCUT2D eigenvalue weighted by Crippen LogP contribution is 2.35. The molecular weight excluding hydrogens is 276 g/mol. The molecule has 21 heavy (non-hydrogen) atoms. The number of rotatable bonds is 4. The van der Waals surface area contributed by atoms with Crippen molar-refractivity contribution >= 4 is 0 Å². The third-order valence-electron chi connectivity index (χ3n) is 3.52. The van der Waals surface area contributed by atoms with Crippen LogP contribution < -0.4 is 14.8 Å². The normalized spacial score (nSPS) is 14.2. The van der Waals surface area contributed by atoms with Crippen molar-refractivity contribution in [2.75, 3.05) is 6.79 Å². The summed E-state index contributed by atoms with van der Waals surface area (Å²) < 4.78 is 37.7. The van der Waals surface area contributed by atoms with Crippen LogP contribution in [0.5, 0.6) is 11.5 Å². The Morgan fingerprint density at radius 3 is 2.81 bits per heavy atom. The van der Waals surface area contributed by atoms with Gasteiger partial charge in [-0.15, -0.1) is 0 Å². The van der Waals surface area contributed by atoms with E-state index < -0.39 is 11.6 Å². The Morgan fingerprint density at radius 2 is 1.95 bits per heavy atom. The molecule has 3 nitrogen and oxygen atoms in total. The number of halogens is 2. The number of fused-ring (bicyclic) bond motifs is 1. The minimum absolute atomic E-state index is 0.209. The summed E-state index contributed by atoms with van der Waals surface area (Å²) in [5.41, 5.74) is 1.23. The molecular formula is C16H15F2NO2. The van der Waals surface area contributed by atoms with Crippen LogP contribution in [0.2, 0.25) is 0 Å². The molecule has 1 N–H and O–H groups in total. The Bertz CT molecular complexity index is 661. The maximum atomic E-state index is 13.7. The first-order chi connectivity index (χ1) is 10.2. The summed E-state index contributed by atoms with van der Waals surface area (Å²) in [7, 11) is 0. The number of hydrogen-bond acceptors (Lipinski definition) is 3. The molecule has 0 spiro atoms. The van der Waals surface area contributed by atoms with Gasteiger partial charge < -0.3 is 14.8 Å². The van der Waals surface area contributed by atoms with Crippen molar-refractivity contribution in [3.8, 4) is 11.5 Å². The van der Waals surface area contributed by atoms with Gasteiger partial charge in [-0.2, -0.15) is 0 Å². The highest BCUT2D eigenvalue weighted by Gasteiger charge is 2.18. The van der Waals surface area contributed by atoms with E-state index in [-0.39, 0.29) is 12.8 Å². The molecule has 2 aromatic carbocycles. The number of benzene rings is 2. The Morgan fingerprint density at radius 1 is 1.14 bits per heavy atom. The van der Waals surface area contributed by atoms with Gasteiger partial charge in [0.15, 0.2) is 23.1 Å². The molecule has 0 fully saturated rings. The molecule has 5 heteroatoms. The van der Waals surface area contributed by atoms with Gasteiger partial charge in [-0.3, -0.25) is 0 Å². The lowest BCUT2D eigenvalue weighted by atomic mass is 10.1. The Hall–Kier alpha value is -2.14. The van der Waals surface area contributed by atoms with Crippen LogP contribution in [-0.4, -0.2) is 6.79 Å². The Kier molecular flexibility index (Phi) is 3.75. The number of ether oxygens (including phenoxy) is 2. The quantitative estimate of drug-likeness (QED) is 0.934. The van der Waals surface area contributed by atoms with Crippen molar-refractivity contribution in [2.24, 2.45) is 0 Å². The van der Waals surface area contributed by atoms with E-state index in [1.54, 1.807) is 13.0 Å². The van der Waals surface area contributed by atoms with E-state index in [9.17, 15) is 8.78 Å². The molecule has 0 bridgehead atoms. The Balaban J connectivity index is 1.73. The molecule has 1 atom stereocenters. The lowest BCUT2D eigenvalue weighted by molar-refractivity contribution is 0.173. The molecule has 0 saturated heterocycles. The predicted molar refractivity (Wildman–Crippen MR) is 74.2 cm³/mol. The average Bonchev–Trinajstić information content (AvgIpc) is 2.96. The molecule has 0 radical (unpaired) electrons. The Labute approximate surface area is 121 Å². The zero-order valence-corrected chi connectivity index (χ0v) is 11.5. The second kappa shape index (κ2) is 5.69. The number of hydrogen-bond donors (Lipinski definition) is 1. The van der Waals surface area contributed by atoms with Gasteiger partial charge in [-0.1, -0.05) is 24.3 Å². The van der Waals surface area contributed by atoms with Gasteiger partial charge in [0.2, 0.25) is 6.79 Å². The van der Waals surface area contributed by atoms with Crippen LogP contribution in [-0.2, 0) is 6.54 Å². The van der Waals surface area contributed by atoms with E-state index in [4.69, 9.17) is 9.47 Å². The first-order valence-corrected chi connectivity index (χ1v) is 6.71. The molecule has 0 saturated carbocycles. The fourth-order valence-electron chi connectivity index (χ4n) is 2.36. The van der Waals surface area contributed by atoms with E-state index >= 15 is 0 Å². The van der Waals surface area contributed by atoms with Crippen LogP contribution in [0.15, 0.2) is 36.4 Å². The van der Waals surface area contributed by atoms with Gasteiger partial charge in [0.25, 0.3) is 0 Å². The number of para-hydroxylation sites is 1. The lowest BCUT2D eigenvalue weighted by Gasteiger charge is -2.16. The molecule has 3 rings (SSSR count). The molecule has 1 aliphatic rings. The van der Waals surface area contributed by atoms with Crippen molar-refractivity contribution in [2.45, 2.75) is 19.5 Å². The predicted octanol–water partition coefficient (Wildman–Crippen LogP) is 3.54. The molecule has 0 aliphatic carbocycles. The topological polar surface area (TPSA) is 30.5 Å². The summed E-state index contributed by atoms with van der Waals surface area (Å²) in [5.74, 6) is -0.232. The van der Waals surface area contributed by atoms with E-state index in [0.29, 0.717) is 23.6 Å². The fraction of sp³-hybridized carbons (Fsp3) is 0.250. The third-order valence-corrected chi connectivity index (χ3v) is 3.52. The van der Waals surface area contributed by atoms with Crippen molar-refractivity contribution in [1.82, 2.24) is 5.32 Å². The summed E-state index contributed by atoms with van der Waals surface area (Å²) in [6.45, 7) is 2.47. The second-order valence-corrected chi connectivity index (χ2v) is 4.90. The first-order valence-electron chi connectivity index (χ1n) is 6.71. The zero-order chi connectivity index (χ0) is 14.8. The monoisotopic (exact) mass is 291 g/mol. The van der Waals surface area contributed by atoms with Crippen LogP contribution in [0, 0.1) is 11.6 Å². The maximum absolute atomic E-state index is 13.7. The zero-order valence-electron chi connectivity index (χ0n) is 11.5. The van der Waals surface area contributed by atoms with Gasteiger partial charge in [0.1, 0.15) is 0 Å². The van der Waals surface area contributed by atoms with E-state index in [0.717, 1.165) is 11.6 Å². The summed E-state index contributed by atoms with van der Waals surface area (Å²) in [5, 5.41) is 3.17. The molecule has 1 heterocycles. The third kappa shape index (κ3) is 2.69. The minimum atomic E-state index is -0.835. The maximum Gasteiger partial charge on any atom is 0.231 e. The van der Waals surface area contributed by atoms with Gasteiger partial charge >= 0.3 is 0 Å². The molecule has 110 valence electrons. The van der Waals surface area contributed by atoms with Crippen molar-refractivity contribution < 1.29 is 18.3 Å². The van der Waals surface area contributed by atoms with Gasteiger partial charge in [-0.05, 0) is 19.1 Å². The molecule has 0 amide bonds. The van der Waals surface area contributed by atoms with Crippen LogP contribution in [0.25, 0.3) is 0 Å². The van der Waals surface area contributed by atoms with Crippen LogP contribution >= 0.6 is 0 Å². The standard InChI is InChI=1S/C16H15F2NO2/c1-10(12-5-3-6-13(17)15(12)18)19-8-11-4-2-7-14-16(11)21-9-20-14/h2-7,10,19H,8-9H2,1H3. The summed E-state index contributed by atoms with van der Waals surface area (Å²) in [6, 6.07) is 9.49. The van der Waals surface area contributed by atoms with Gasteiger partial charge in [-0.25, -0.2) is 8.78 Å². The van der Waals surface area contributed by atoms with E-state index in [1.165, 1.54) is 6.07 Å². The average molecular weight is 291 g/mol. The second-order valence-electron chi connectivity index (χ2n) is 4.90. The van der Waals surface area contributed by atoms with E-state index in [1.807, 2.05) is 18.2 Å². The highest BCUT2D eigenvalue weighted by atomic mass is 19.2. The van der Waals surface area contributed by atoms with Crippen LogP contribution in [0.4, 0.5) is 8.78 Å². The first kappa shape index (κ1) is 13.8. The van der Waals surface area contributed by atoms with Crippen molar-refractivity contribution in [3.05, 3.63) is 59.2 Å². The molecule has 2 aromatic rings. The summed E-state index contributed by atoms with van der Waals surface area (Å²) in [6.07, 6.45) is 0. The molecule has 1 aliphatic heterocycles. The number of nitrogens with one attached hydrogen (secondary N) is 1. The summed E-state index contributed by atoms with van der Waals surface area (Å²) >= 11 is 0. The van der Waals surface area contributed by atoms with Crippen molar-refractivity contribution in [3.63, 3.8) is 0 Å². The SMILES string of the molecule is CC(NCc1cccc2c1OCO2)c1cccc(F)c1F. The smallest absolute Gasteiger partial charge is 0.231 e. The minimum Gasteiger partial charge on any atom is -0.454 e. The lowest BCUT2D eigenvalue weighted by Crippen LogP contribution is -2.19. The summed E-state index contributed by atoms with van der Waals surface area (Å²) in [4.78, 5) is 0. The molecule has 1 unspecified atom stereocenters. The van der Waals surface area contributed by atoms with Gasteiger partial charge in [0.05, 0.1) is 0 Å². The van der Waals surface area contributed by atoms with E-state index in [2.05, 4.69) is 5.32 Å². The largest absolute Gasteiger partial charge is 0.454 e. The molecule has 0 aromatic heterocycles. The fourth-order valence-corrected chi connectivity index (χ4v) is 2.36. The van der Waals surface area contributed by atoms with Crippen molar-refractivity contribution in [1.29, 1.82) is 0 Å². The highest BCUT2D eigenvalue weighted by molar-refractivity contribution is 5.48. The van der Waals surface area contributed by atoms with Crippen LogP contribution in [0.3, 0.4) is 0 Å².